The lowest BCUT2D eigenvalue weighted by molar-refractivity contribution is 0.406. The third kappa shape index (κ3) is 3.09. The molecule has 1 fully saturated rings. The Hall–Kier alpha value is -1.79. The van der Waals surface area contributed by atoms with Crippen LogP contribution >= 0.6 is 27.7 Å². The summed E-state index contributed by atoms with van der Waals surface area (Å²) in [5.74, 6) is 2.23. The molecular weight excluding hydrogens is 398 g/mol. The van der Waals surface area contributed by atoms with Crippen LogP contribution in [0.1, 0.15) is 18.5 Å². The van der Waals surface area contributed by atoms with Gasteiger partial charge in [0.25, 0.3) is 0 Å². The molecule has 1 aromatic heterocycles. The van der Waals surface area contributed by atoms with Gasteiger partial charge in [-0.1, -0.05) is 35.0 Å². The third-order valence-corrected chi connectivity index (χ3v) is 6.24. The maximum Gasteiger partial charge on any atom is 0.221 e. The lowest BCUT2D eigenvalue weighted by Crippen LogP contribution is -2.22. The lowest BCUT2D eigenvalue weighted by Gasteiger charge is -2.27. The van der Waals surface area contributed by atoms with Crippen molar-refractivity contribution >= 4 is 50.0 Å². The Labute approximate surface area is 159 Å². The van der Waals surface area contributed by atoms with Crippen molar-refractivity contribution < 1.29 is 5.11 Å². The van der Waals surface area contributed by atoms with Crippen LogP contribution in [0.5, 0.6) is 5.88 Å². The van der Waals surface area contributed by atoms with E-state index in [0.29, 0.717) is 11.7 Å². The highest BCUT2D eigenvalue weighted by Crippen LogP contribution is 2.45. The molecule has 25 heavy (non-hydrogen) atoms. The molecule has 4 rings (SSSR count). The number of aromatic nitrogens is 1. The van der Waals surface area contributed by atoms with Crippen molar-refractivity contribution in [1.29, 1.82) is 0 Å². The summed E-state index contributed by atoms with van der Waals surface area (Å²) in [5.41, 5.74) is 3.59. The number of thioether (sulfide) groups is 1. The van der Waals surface area contributed by atoms with Gasteiger partial charge in [0.05, 0.1) is 17.2 Å². The maximum absolute atomic E-state index is 10.8. The van der Waals surface area contributed by atoms with E-state index in [1.807, 2.05) is 46.7 Å². The van der Waals surface area contributed by atoms with E-state index in [1.165, 1.54) is 5.56 Å². The SMILES string of the molecule is CCc1ccc(N=Nc2c(O)n(C3CSC3)c3ccc(Br)cc23)cc1. The topological polar surface area (TPSA) is 49.9 Å². The van der Waals surface area contributed by atoms with Crippen LogP contribution in [0.25, 0.3) is 10.9 Å². The average Bonchev–Trinajstić information content (AvgIpc) is 2.84. The Morgan fingerprint density at radius 1 is 1.16 bits per heavy atom. The van der Waals surface area contributed by atoms with Gasteiger partial charge in [0, 0.05) is 21.4 Å². The van der Waals surface area contributed by atoms with Crippen LogP contribution in [0, 0.1) is 0 Å². The second-order valence-electron chi connectivity index (χ2n) is 6.11. The molecule has 2 aromatic carbocycles. The van der Waals surface area contributed by atoms with Crippen molar-refractivity contribution in [2.75, 3.05) is 11.5 Å². The molecule has 128 valence electrons. The molecule has 3 aromatic rings. The molecule has 4 nitrogen and oxygen atoms in total. The number of hydrogen-bond acceptors (Lipinski definition) is 4. The van der Waals surface area contributed by atoms with E-state index in [2.05, 4.69) is 45.2 Å². The first kappa shape index (κ1) is 16.7. The van der Waals surface area contributed by atoms with Gasteiger partial charge in [0.1, 0.15) is 0 Å². The number of halogens is 1. The molecule has 1 N–H and O–H groups in total. The molecule has 0 atom stereocenters. The van der Waals surface area contributed by atoms with Gasteiger partial charge < -0.3 is 9.67 Å². The van der Waals surface area contributed by atoms with Gasteiger partial charge in [-0.3, -0.25) is 0 Å². The van der Waals surface area contributed by atoms with Gasteiger partial charge in [0.2, 0.25) is 5.88 Å². The molecule has 0 saturated carbocycles. The van der Waals surface area contributed by atoms with Crippen molar-refractivity contribution in [3.8, 4) is 5.88 Å². The molecule has 0 radical (unpaired) electrons. The minimum Gasteiger partial charge on any atom is -0.493 e. The number of fused-ring (bicyclic) bond motifs is 1. The van der Waals surface area contributed by atoms with Crippen molar-refractivity contribution in [1.82, 2.24) is 4.57 Å². The monoisotopic (exact) mass is 415 g/mol. The van der Waals surface area contributed by atoms with Crippen LogP contribution in [0.15, 0.2) is 57.2 Å². The number of rotatable bonds is 4. The van der Waals surface area contributed by atoms with Crippen molar-refractivity contribution in [2.24, 2.45) is 10.2 Å². The number of aromatic hydroxyl groups is 1. The summed E-state index contributed by atoms with van der Waals surface area (Å²) in [5, 5.41) is 20.4. The van der Waals surface area contributed by atoms with Crippen molar-refractivity contribution in [3.63, 3.8) is 0 Å². The number of benzene rings is 2. The van der Waals surface area contributed by atoms with Gasteiger partial charge in [-0.05, 0) is 42.3 Å². The highest BCUT2D eigenvalue weighted by molar-refractivity contribution is 9.10. The van der Waals surface area contributed by atoms with Gasteiger partial charge in [-0.15, -0.1) is 5.11 Å². The summed E-state index contributed by atoms with van der Waals surface area (Å²) < 4.78 is 2.95. The number of azo groups is 1. The van der Waals surface area contributed by atoms with Crippen LogP contribution in [-0.4, -0.2) is 21.2 Å². The minimum absolute atomic E-state index is 0.201. The van der Waals surface area contributed by atoms with Crippen LogP contribution < -0.4 is 0 Å². The predicted octanol–water partition coefficient (Wildman–Crippen LogP) is 6.38. The first-order chi connectivity index (χ1) is 12.2. The van der Waals surface area contributed by atoms with E-state index in [4.69, 9.17) is 0 Å². The standard InChI is InChI=1S/C19H18BrN3OS/c1-2-12-3-6-14(7-4-12)21-22-18-16-9-13(20)5-8-17(16)23(19(18)24)15-10-25-11-15/h3-9,15,24H,2,10-11H2,1H3. The largest absolute Gasteiger partial charge is 0.493 e. The Balaban J connectivity index is 1.78. The van der Waals surface area contributed by atoms with Gasteiger partial charge in [-0.25, -0.2) is 0 Å². The fourth-order valence-corrected chi connectivity index (χ4v) is 4.11. The molecule has 1 saturated heterocycles. The normalized spacial score (nSPS) is 15.1. The van der Waals surface area contributed by atoms with Crippen LogP contribution in [0.4, 0.5) is 11.4 Å². The van der Waals surface area contributed by atoms with Crippen molar-refractivity contribution in [3.05, 3.63) is 52.5 Å². The maximum atomic E-state index is 10.8. The van der Waals surface area contributed by atoms with E-state index in [1.54, 1.807) is 0 Å². The minimum atomic E-state index is 0.201. The second-order valence-corrected chi connectivity index (χ2v) is 8.11. The summed E-state index contributed by atoms with van der Waals surface area (Å²) in [6.07, 6.45) is 0.999. The Bertz CT molecular complexity index is 945. The molecule has 6 heteroatoms. The Kier molecular flexibility index (Phi) is 4.56. The van der Waals surface area contributed by atoms with E-state index in [-0.39, 0.29) is 5.88 Å². The molecule has 0 unspecified atom stereocenters. The summed E-state index contributed by atoms with van der Waals surface area (Å²) in [6.45, 7) is 2.13. The average molecular weight is 416 g/mol. The van der Waals surface area contributed by atoms with Crippen LogP contribution in [0.3, 0.4) is 0 Å². The molecule has 0 spiro atoms. The highest BCUT2D eigenvalue weighted by atomic mass is 79.9. The zero-order valence-corrected chi connectivity index (χ0v) is 16.2. The van der Waals surface area contributed by atoms with Crippen LogP contribution in [0.2, 0.25) is 0 Å². The number of aryl methyl sites for hydroxylation is 1. The fourth-order valence-electron chi connectivity index (χ4n) is 3.00. The first-order valence-electron chi connectivity index (χ1n) is 8.28. The van der Waals surface area contributed by atoms with Gasteiger partial charge >= 0.3 is 0 Å². The summed E-state index contributed by atoms with van der Waals surface area (Å²) >= 11 is 5.40. The molecule has 0 amide bonds. The predicted molar refractivity (Wildman–Crippen MR) is 108 cm³/mol. The quantitative estimate of drug-likeness (QED) is 0.502. The molecule has 1 aliphatic heterocycles. The zero-order valence-electron chi connectivity index (χ0n) is 13.8. The van der Waals surface area contributed by atoms with E-state index in [9.17, 15) is 5.11 Å². The fraction of sp³-hybridized carbons (Fsp3) is 0.263. The smallest absolute Gasteiger partial charge is 0.221 e. The van der Waals surface area contributed by atoms with Crippen LogP contribution in [-0.2, 0) is 6.42 Å². The first-order valence-corrected chi connectivity index (χ1v) is 10.2. The number of nitrogens with zero attached hydrogens (tertiary/aromatic N) is 3. The number of hydrogen-bond donors (Lipinski definition) is 1. The summed E-state index contributed by atoms with van der Waals surface area (Å²) in [4.78, 5) is 0. The molecule has 0 aliphatic carbocycles. The molecule has 0 bridgehead atoms. The third-order valence-electron chi connectivity index (χ3n) is 4.51. The van der Waals surface area contributed by atoms with Gasteiger partial charge in [0.15, 0.2) is 5.69 Å². The van der Waals surface area contributed by atoms with E-state index in [0.717, 1.165) is 39.0 Å². The zero-order chi connectivity index (χ0) is 17.4. The second kappa shape index (κ2) is 6.84. The molecular formula is C19H18BrN3OS. The lowest BCUT2D eigenvalue weighted by atomic mass is 10.2. The Morgan fingerprint density at radius 3 is 2.56 bits per heavy atom. The summed E-state index contributed by atoms with van der Waals surface area (Å²) in [6, 6.07) is 14.4. The molecule has 1 aliphatic rings. The molecule has 2 heterocycles. The van der Waals surface area contributed by atoms with Crippen molar-refractivity contribution in [2.45, 2.75) is 19.4 Å². The van der Waals surface area contributed by atoms with E-state index >= 15 is 0 Å². The Morgan fingerprint density at radius 2 is 1.92 bits per heavy atom. The summed E-state index contributed by atoms with van der Waals surface area (Å²) in [7, 11) is 0. The van der Waals surface area contributed by atoms with E-state index < -0.39 is 0 Å². The highest BCUT2D eigenvalue weighted by Gasteiger charge is 2.27. The van der Waals surface area contributed by atoms with Gasteiger partial charge in [-0.2, -0.15) is 16.9 Å².